The largest absolute Gasteiger partial charge is 0.486 e. The van der Waals surface area contributed by atoms with Gasteiger partial charge in [-0.25, -0.2) is 4.39 Å². The molecule has 2 aromatic carbocycles. The molecule has 0 aliphatic heterocycles. The lowest BCUT2D eigenvalue weighted by Crippen LogP contribution is -1.99. The Kier molecular flexibility index (Phi) is 4.75. The Morgan fingerprint density at radius 2 is 2.00 bits per heavy atom. The summed E-state index contributed by atoms with van der Waals surface area (Å²) < 4.78 is 19.2. The standard InChI is InChI=1S/C17H15FO2/c1-13-5-2-3-7-15(13)12-20-17-11-14(6-4-10-19)8-9-16(17)18/h2-3,5,7-9,11,19H,10,12H2,1H3. The van der Waals surface area contributed by atoms with Crippen LogP contribution < -0.4 is 4.74 Å². The van der Waals surface area contributed by atoms with Gasteiger partial charge in [0.1, 0.15) is 13.2 Å². The minimum absolute atomic E-state index is 0.165. The van der Waals surface area contributed by atoms with Crippen molar-refractivity contribution in [2.24, 2.45) is 0 Å². The van der Waals surface area contributed by atoms with E-state index in [-0.39, 0.29) is 12.4 Å². The second kappa shape index (κ2) is 6.74. The van der Waals surface area contributed by atoms with Crippen molar-refractivity contribution in [3.05, 3.63) is 65.0 Å². The highest BCUT2D eigenvalue weighted by molar-refractivity contribution is 5.41. The zero-order chi connectivity index (χ0) is 14.4. The molecule has 0 aromatic heterocycles. The van der Waals surface area contributed by atoms with Crippen molar-refractivity contribution >= 4 is 0 Å². The highest BCUT2D eigenvalue weighted by Crippen LogP contribution is 2.20. The molecule has 2 nitrogen and oxygen atoms in total. The number of rotatable bonds is 3. The topological polar surface area (TPSA) is 29.5 Å². The number of aliphatic hydroxyl groups is 1. The first-order valence-corrected chi connectivity index (χ1v) is 6.27. The normalized spacial score (nSPS) is 9.75. The number of aliphatic hydroxyl groups excluding tert-OH is 1. The lowest BCUT2D eigenvalue weighted by atomic mass is 10.1. The van der Waals surface area contributed by atoms with Gasteiger partial charge in [0.25, 0.3) is 0 Å². The fourth-order valence-electron chi connectivity index (χ4n) is 1.76. The average Bonchev–Trinajstić information content (AvgIpc) is 2.46. The first kappa shape index (κ1) is 14.1. The molecule has 0 aliphatic carbocycles. The Morgan fingerprint density at radius 1 is 1.20 bits per heavy atom. The lowest BCUT2D eigenvalue weighted by Gasteiger charge is -2.09. The van der Waals surface area contributed by atoms with Crippen LogP contribution in [0.25, 0.3) is 0 Å². The van der Waals surface area contributed by atoms with Crippen LogP contribution in [0, 0.1) is 24.6 Å². The number of benzene rings is 2. The van der Waals surface area contributed by atoms with E-state index in [2.05, 4.69) is 11.8 Å². The third-order valence-electron chi connectivity index (χ3n) is 2.89. The Labute approximate surface area is 117 Å². The molecular weight excluding hydrogens is 255 g/mol. The molecule has 0 atom stereocenters. The van der Waals surface area contributed by atoms with Gasteiger partial charge in [-0.15, -0.1) is 0 Å². The third-order valence-corrected chi connectivity index (χ3v) is 2.89. The Bertz CT molecular complexity index is 654. The summed E-state index contributed by atoms with van der Waals surface area (Å²) in [6, 6.07) is 12.2. The molecule has 0 saturated carbocycles. The monoisotopic (exact) mass is 270 g/mol. The van der Waals surface area contributed by atoms with Crippen LogP contribution >= 0.6 is 0 Å². The molecule has 0 bridgehead atoms. The average molecular weight is 270 g/mol. The number of hydrogen-bond donors (Lipinski definition) is 1. The van der Waals surface area contributed by atoms with Crippen LogP contribution in [0.5, 0.6) is 5.75 Å². The second-order valence-corrected chi connectivity index (χ2v) is 4.32. The highest BCUT2D eigenvalue weighted by atomic mass is 19.1. The Hall–Kier alpha value is -2.31. The molecule has 0 fully saturated rings. The maximum atomic E-state index is 13.7. The minimum Gasteiger partial charge on any atom is -0.486 e. The summed E-state index contributed by atoms with van der Waals surface area (Å²) in [5, 5.41) is 8.66. The van der Waals surface area contributed by atoms with Crippen molar-refractivity contribution in [1.29, 1.82) is 0 Å². The van der Waals surface area contributed by atoms with Gasteiger partial charge >= 0.3 is 0 Å². The van der Waals surface area contributed by atoms with Gasteiger partial charge in [0.2, 0.25) is 0 Å². The van der Waals surface area contributed by atoms with E-state index in [0.29, 0.717) is 12.2 Å². The van der Waals surface area contributed by atoms with E-state index in [9.17, 15) is 4.39 Å². The van der Waals surface area contributed by atoms with E-state index in [1.165, 1.54) is 12.1 Å². The molecule has 0 saturated heterocycles. The van der Waals surface area contributed by atoms with Crippen molar-refractivity contribution in [3.63, 3.8) is 0 Å². The number of hydrogen-bond acceptors (Lipinski definition) is 2. The molecular formula is C17H15FO2. The van der Waals surface area contributed by atoms with Crippen LogP contribution in [0.2, 0.25) is 0 Å². The third kappa shape index (κ3) is 3.59. The summed E-state index contributed by atoms with van der Waals surface area (Å²) >= 11 is 0. The summed E-state index contributed by atoms with van der Waals surface area (Å²) in [4.78, 5) is 0. The molecule has 0 spiro atoms. The van der Waals surface area contributed by atoms with Crippen LogP contribution in [0.1, 0.15) is 16.7 Å². The van der Waals surface area contributed by atoms with Crippen LogP contribution in [0.15, 0.2) is 42.5 Å². The van der Waals surface area contributed by atoms with Crippen LogP contribution in [-0.2, 0) is 6.61 Å². The van der Waals surface area contributed by atoms with Crippen LogP contribution in [-0.4, -0.2) is 11.7 Å². The van der Waals surface area contributed by atoms with E-state index < -0.39 is 5.82 Å². The quantitative estimate of drug-likeness (QED) is 0.869. The van der Waals surface area contributed by atoms with Gasteiger partial charge in [-0.1, -0.05) is 36.1 Å². The summed E-state index contributed by atoms with van der Waals surface area (Å²) in [6.07, 6.45) is 0. The SMILES string of the molecule is Cc1ccccc1COc1cc(C#CCO)ccc1F. The van der Waals surface area contributed by atoms with Gasteiger partial charge in [-0.05, 0) is 36.2 Å². The first-order valence-electron chi connectivity index (χ1n) is 6.27. The van der Waals surface area contributed by atoms with E-state index in [1.54, 1.807) is 6.07 Å². The fraction of sp³-hybridized carbons (Fsp3) is 0.176. The summed E-state index contributed by atoms with van der Waals surface area (Å²) in [5.74, 6) is 4.99. The summed E-state index contributed by atoms with van der Waals surface area (Å²) in [7, 11) is 0. The number of aryl methyl sites for hydroxylation is 1. The first-order chi connectivity index (χ1) is 9.70. The van der Waals surface area contributed by atoms with Crippen LogP contribution in [0.4, 0.5) is 4.39 Å². The van der Waals surface area contributed by atoms with Crippen molar-refractivity contribution < 1.29 is 14.2 Å². The Morgan fingerprint density at radius 3 is 2.75 bits per heavy atom. The maximum absolute atomic E-state index is 13.7. The molecule has 2 aromatic rings. The summed E-state index contributed by atoms with van der Waals surface area (Å²) in [6.45, 7) is 2.06. The van der Waals surface area contributed by atoms with Crippen LogP contribution in [0.3, 0.4) is 0 Å². The van der Waals surface area contributed by atoms with Gasteiger partial charge in [0.15, 0.2) is 11.6 Å². The predicted octanol–water partition coefficient (Wildman–Crippen LogP) is 3.06. The number of halogens is 1. The minimum atomic E-state index is -0.423. The molecule has 0 amide bonds. The van der Waals surface area contributed by atoms with Crippen molar-refractivity contribution in [2.75, 3.05) is 6.61 Å². The van der Waals surface area contributed by atoms with Gasteiger partial charge in [0.05, 0.1) is 0 Å². The summed E-state index contributed by atoms with van der Waals surface area (Å²) in [5.41, 5.74) is 2.73. The highest BCUT2D eigenvalue weighted by Gasteiger charge is 2.05. The second-order valence-electron chi connectivity index (χ2n) is 4.32. The molecule has 0 aliphatic rings. The van der Waals surface area contributed by atoms with Gasteiger partial charge in [-0.2, -0.15) is 0 Å². The number of ether oxygens (including phenoxy) is 1. The van der Waals surface area contributed by atoms with E-state index in [0.717, 1.165) is 11.1 Å². The molecule has 0 unspecified atom stereocenters. The molecule has 1 N–H and O–H groups in total. The zero-order valence-electron chi connectivity index (χ0n) is 11.2. The maximum Gasteiger partial charge on any atom is 0.165 e. The van der Waals surface area contributed by atoms with Gasteiger partial charge < -0.3 is 9.84 Å². The Balaban J connectivity index is 2.15. The predicted molar refractivity (Wildman–Crippen MR) is 75.9 cm³/mol. The van der Waals surface area contributed by atoms with Crippen molar-refractivity contribution in [2.45, 2.75) is 13.5 Å². The van der Waals surface area contributed by atoms with E-state index in [4.69, 9.17) is 9.84 Å². The van der Waals surface area contributed by atoms with Gasteiger partial charge in [-0.3, -0.25) is 0 Å². The van der Waals surface area contributed by atoms with E-state index in [1.807, 2.05) is 31.2 Å². The fourth-order valence-corrected chi connectivity index (χ4v) is 1.76. The van der Waals surface area contributed by atoms with Crippen molar-refractivity contribution in [1.82, 2.24) is 0 Å². The lowest BCUT2D eigenvalue weighted by molar-refractivity contribution is 0.289. The molecule has 0 radical (unpaired) electrons. The van der Waals surface area contributed by atoms with E-state index >= 15 is 0 Å². The zero-order valence-corrected chi connectivity index (χ0v) is 11.2. The molecule has 2 rings (SSSR count). The van der Waals surface area contributed by atoms with Gasteiger partial charge in [0, 0.05) is 5.56 Å². The molecule has 20 heavy (non-hydrogen) atoms. The smallest absolute Gasteiger partial charge is 0.165 e. The molecule has 3 heteroatoms. The van der Waals surface area contributed by atoms with Crippen molar-refractivity contribution in [3.8, 4) is 17.6 Å². The molecule has 102 valence electrons. The molecule has 0 heterocycles.